The first-order valence-corrected chi connectivity index (χ1v) is 8.41. The van der Waals surface area contributed by atoms with Gasteiger partial charge in [-0.1, -0.05) is 12.1 Å². The molecule has 4 nitrogen and oxygen atoms in total. The topological polar surface area (TPSA) is 38.8 Å². The molecular formula is C16H20INO3. The van der Waals surface area contributed by atoms with Gasteiger partial charge in [0.1, 0.15) is 5.54 Å². The molecule has 2 aliphatic rings. The Balaban J connectivity index is 1.61. The van der Waals surface area contributed by atoms with Crippen molar-refractivity contribution in [1.82, 2.24) is 4.90 Å². The zero-order chi connectivity index (χ0) is 14.9. The third-order valence-corrected chi connectivity index (χ3v) is 5.30. The second-order valence-electron chi connectivity index (χ2n) is 5.84. The third-order valence-electron chi connectivity index (χ3n) is 4.58. The summed E-state index contributed by atoms with van der Waals surface area (Å²) >= 11 is 2.30. The molecule has 21 heavy (non-hydrogen) atoms. The molecule has 0 aromatic heterocycles. The quantitative estimate of drug-likeness (QED) is 0.575. The van der Waals surface area contributed by atoms with Crippen LogP contribution in [0.15, 0.2) is 24.3 Å². The first kappa shape index (κ1) is 15.2. The molecule has 0 spiro atoms. The van der Waals surface area contributed by atoms with E-state index >= 15 is 0 Å². The molecule has 114 valence electrons. The number of fused-ring (bicyclic) bond motifs is 1. The Hall–Kier alpha value is -0.660. The smallest absolute Gasteiger partial charge is 0.326 e. The fourth-order valence-electron chi connectivity index (χ4n) is 3.53. The normalized spacial score (nSPS) is 28.6. The Morgan fingerprint density at radius 3 is 2.90 bits per heavy atom. The number of nitrogens with zero attached hydrogens (tertiary/aromatic N) is 1. The van der Waals surface area contributed by atoms with Gasteiger partial charge in [0.2, 0.25) is 0 Å². The molecule has 1 aromatic carbocycles. The van der Waals surface area contributed by atoms with Gasteiger partial charge < -0.3 is 9.47 Å². The first-order chi connectivity index (χ1) is 10.1. The molecule has 3 rings (SSSR count). The summed E-state index contributed by atoms with van der Waals surface area (Å²) in [7, 11) is 1.48. The summed E-state index contributed by atoms with van der Waals surface area (Å²) < 4.78 is 12.3. The Morgan fingerprint density at radius 1 is 1.43 bits per heavy atom. The third kappa shape index (κ3) is 2.96. The van der Waals surface area contributed by atoms with Gasteiger partial charge >= 0.3 is 5.97 Å². The van der Waals surface area contributed by atoms with Gasteiger partial charge in [0.15, 0.2) is 0 Å². The average Bonchev–Trinajstić information content (AvgIpc) is 3.03. The highest BCUT2D eigenvalue weighted by atomic mass is 127. The maximum atomic E-state index is 12.2. The van der Waals surface area contributed by atoms with Gasteiger partial charge in [0.05, 0.1) is 19.8 Å². The minimum absolute atomic E-state index is 0.0969. The van der Waals surface area contributed by atoms with Crippen LogP contribution in [0.2, 0.25) is 0 Å². The number of carbonyl (C=O) groups excluding carboxylic acids is 1. The molecule has 2 atom stereocenters. The van der Waals surface area contributed by atoms with Gasteiger partial charge in [-0.3, -0.25) is 9.69 Å². The zero-order valence-electron chi connectivity index (χ0n) is 12.2. The summed E-state index contributed by atoms with van der Waals surface area (Å²) in [5.74, 6) is -0.0969. The van der Waals surface area contributed by atoms with Gasteiger partial charge in [0.25, 0.3) is 0 Å². The lowest BCUT2D eigenvalue weighted by atomic mass is 9.93. The van der Waals surface area contributed by atoms with Crippen LogP contribution >= 0.6 is 22.6 Å². The Bertz CT molecular complexity index is 519. The second kappa shape index (κ2) is 6.22. The van der Waals surface area contributed by atoms with Crippen molar-refractivity contribution in [2.24, 2.45) is 0 Å². The van der Waals surface area contributed by atoms with Gasteiger partial charge in [-0.2, -0.15) is 0 Å². The number of benzene rings is 1. The van der Waals surface area contributed by atoms with Crippen LogP contribution in [0.5, 0.6) is 0 Å². The van der Waals surface area contributed by atoms with Crippen LogP contribution in [-0.2, 0) is 20.9 Å². The number of hydrogen-bond acceptors (Lipinski definition) is 4. The lowest BCUT2D eigenvalue weighted by molar-refractivity contribution is -0.152. The molecule has 5 heteroatoms. The Labute approximate surface area is 138 Å². The summed E-state index contributed by atoms with van der Waals surface area (Å²) in [5, 5.41) is 0. The van der Waals surface area contributed by atoms with Gasteiger partial charge in [-0.15, -0.1) is 0 Å². The van der Waals surface area contributed by atoms with Crippen molar-refractivity contribution >= 4 is 28.6 Å². The number of halogens is 1. The van der Waals surface area contributed by atoms with E-state index in [9.17, 15) is 4.79 Å². The number of methoxy groups -OCH3 is 1. The van der Waals surface area contributed by atoms with E-state index in [1.165, 1.54) is 16.2 Å². The van der Waals surface area contributed by atoms with E-state index in [-0.39, 0.29) is 12.1 Å². The van der Waals surface area contributed by atoms with Crippen molar-refractivity contribution in [3.8, 4) is 0 Å². The molecule has 2 saturated heterocycles. The largest absolute Gasteiger partial charge is 0.468 e. The van der Waals surface area contributed by atoms with Crippen molar-refractivity contribution in [3.63, 3.8) is 0 Å². The highest BCUT2D eigenvalue weighted by Crippen LogP contribution is 2.41. The summed E-state index contributed by atoms with van der Waals surface area (Å²) in [6, 6.07) is 8.35. The molecule has 0 radical (unpaired) electrons. The molecule has 2 fully saturated rings. The molecule has 0 N–H and O–H groups in total. The lowest BCUT2D eigenvalue weighted by Gasteiger charge is -2.27. The Kier molecular flexibility index (Phi) is 4.51. The van der Waals surface area contributed by atoms with Crippen LogP contribution < -0.4 is 0 Å². The van der Waals surface area contributed by atoms with Gasteiger partial charge in [-0.25, -0.2) is 0 Å². The number of esters is 1. The molecule has 2 aliphatic heterocycles. The SMILES string of the molecule is COC(=O)[C@@]12CCCN1C[C@H](OCc1ccc(I)cc1)C2. The van der Waals surface area contributed by atoms with Crippen molar-refractivity contribution in [1.29, 1.82) is 0 Å². The van der Waals surface area contributed by atoms with E-state index in [4.69, 9.17) is 9.47 Å². The van der Waals surface area contributed by atoms with Gasteiger partial charge in [0, 0.05) is 16.5 Å². The molecule has 0 unspecified atom stereocenters. The Morgan fingerprint density at radius 2 is 2.19 bits per heavy atom. The maximum Gasteiger partial charge on any atom is 0.326 e. The number of carbonyl (C=O) groups is 1. The minimum atomic E-state index is -0.425. The average molecular weight is 401 g/mol. The fraction of sp³-hybridized carbons (Fsp3) is 0.562. The molecule has 0 amide bonds. The number of rotatable bonds is 4. The van der Waals surface area contributed by atoms with Crippen molar-refractivity contribution in [2.45, 2.75) is 37.5 Å². The van der Waals surface area contributed by atoms with Crippen LogP contribution in [0.1, 0.15) is 24.8 Å². The molecule has 2 heterocycles. The standard InChI is InChI=1S/C16H20INO3/c1-20-15(19)16-7-2-8-18(16)10-14(9-16)21-11-12-3-5-13(17)6-4-12/h3-6,14H,2,7-11H2,1H3/t14-,16+/m1/s1. The second-order valence-corrected chi connectivity index (χ2v) is 7.08. The highest BCUT2D eigenvalue weighted by Gasteiger charge is 2.54. The summed E-state index contributed by atoms with van der Waals surface area (Å²) in [5.41, 5.74) is 0.750. The summed E-state index contributed by atoms with van der Waals surface area (Å²) in [6.45, 7) is 2.41. The van der Waals surface area contributed by atoms with E-state index in [0.717, 1.165) is 32.4 Å². The lowest BCUT2D eigenvalue weighted by Crippen LogP contribution is -2.46. The van der Waals surface area contributed by atoms with Crippen LogP contribution in [0.25, 0.3) is 0 Å². The predicted molar refractivity (Wildman–Crippen MR) is 87.9 cm³/mol. The van der Waals surface area contributed by atoms with E-state index in [2.05, 4.69) is 51.8 Å². The predicted octanol–water partition coefficient (Wildman–Crippen LogP) is 2.59. The van der Waals surface area contributed by atoms with Crippen LogP contribution in [-0.4, -0.2) is 42.7 Å². The van der Waals surface area contributed by atoms with Crippen molar-refractivity contribution in [2.75, 3.05) is 20.2 Å². The van der Waals surface area contributed by atoms with E-state index in [1.54, 1.807) is 0 Å². The van der Waals surface area contributed by atoms with Crippen LogP contribution in [0.4, 0.5) is 0 Å². The first-order valence-electron chi connectivity index (χ1n) is 7.33. The molecular weight excluding hydrogens is 381 g/mol. The van der Waals surface area contributed by atoms with E-state index in [1.807, 2.05) is 0 Å². The molecule has 0 aliphatic carbocycles. The molecule has 0 saturated carbocycles. The van der Waals surface area contributed by atoms with E-state index in [0.29, 0.717) is 6.61 Å². The van der Waals surface area contributed by atoms with Crippen molar-refractivity contribution < 1.29 is 14.3 Å². The van der Waals surface area contributed by atoms with E-state index < -0.39 is 5.54 Å². The maximum absolute atomic E-state index is 12.2. The number of hydrogen-bond donors (Lipinski definition) is 0. The molecule has 0 bridgehead atoms. The monoisotopic (exact) mass is 401 g/mol. The van der Waals surface area contributed by atoms with Crippen LogP contribution in [0.3, 0.4) is 0 Å². The molecule has 1 aromatic rings. The highest BCUT2D eigenvalue weighted by molar-refractivity contribution is 14.1. The van der Waals surface area contributed by atoms with Gasteiger partial charge in [-0.05, 0) is 59.7 Å². The number of ether oxygens (including phenoxy) is 2. The minimum Gasteiger partial charge on any atom is -0.468 e. The fourth-order valence-corrected chi connectivity index (χ4v) is 3.89. The van der Waals surface area contributed by atoms with Crippen molar-refractivity contribution in [3.05, 3.63) is 33.4 Å². The summed E-state index contributed by atoms with van der Waals surface area (Å²) in [4.78, 5) is 14.4. The van der Waals surface area contributed by atoms with Crippen LogP contribution in [0, 0.1) is 3.57 Å². The zero-order valence-corrected chi connectivity index (χ0v) is 14.3. The summed E-state index contributed by atoms with van der Waals surface area (Å²) in [6.07, 6.45) is 2.83.